The monoisotopic (exact) mass is 199 g/mol. The van der Waals surface area contributed by atoms with E-state index in [0.717, 1.165) is 0 Å². The SMILES string of the molecule is O=C(Oc1cccnc1)c1ccccc1. The van der Waals surface area contributed by atoms with Crippen LogP contribution in [0, 0.1) is 0 Å². The minimum Gasteiger partial charge on any atom is -0.421 e. The van der Waals surface area contributed by atoms with Crippen LogP contribution in [0.25, 0.3) is 0 Å². The number of ether oxygens (including phenoxy) is 1. The molecule has 15 heavy (non-hydrogen) atoms. The summed E-state index contributed by atoms with van der Waals surface area (Å²) in [6, 6.07) is 12.2. The first-order valence-electron chi connectivity index (χ1n) is 4.53. The molecule has 2 rings (SSSR count). The van der Waals surface area contributed by atoms with E-state index in [2.05, 4.69) is 4.98 Å². The van der Waals surface area contributed by atoms with Crippen LogP contribution < -0.4 is 4.74 Å². The minimum absolute atomic E-state index is 0.372. The molecule has 0 saturated carbocycles. The van der Waals surface area contributed by atoms with Crippen molar-refractivity contribution < 1.29 is 9.53 Å². The lowest BCUT2D eigenvalue weighted by Crippen LogP contribution is -2.07. The molecule has 0 radical (unpaired) electrons. The van der Waals surface area contributed by atoms with E-state index in [9.17, 15) is 4.79 Å². The highest BCUT2D eigenvalue weighted by molar-refractivity contribution is 5.90. The molecule has 0 aliphatic carbocycles. The van der Waals surface area contributed by atoms with Gasteiger partial charge < -0.3 is 4.74 Å². The van der Waals surface area contributed by atoms with Gasteiger partial charge in [0, 0.05) is 6.20 Å². The third-order valence-electron chi connectivity index (χ3n) is 1.85. The van der Waals surface area contributed by atoms with Crippen molar-refractivity contribution in [2.45, 2.75) is 0 Å². The zero-order chi connectivity index (χ0) is 10.5. The Bertz CT molecular complexity index is 440. The van der Waals surface area contributed by atoms with E-state index in [1.807, 2.05) is 6.07 Å². The second-order valence-corrected chi connectivity index (χ2v) is 2.94. The van der Waals surface area contributed by atoms with Crippen LogP contribution in [0.15, 0.2) is 54.9 Å². The Morgan fingerprint density at radius 2 is 1.87 bits per heavy atom. The summed E-state index contributed by atoms with van der Waals surface area (Å²) in [7, 11) is 0. The summed E-state index contributed by atoms with van der Waals surface area (Å²) in [5, 5.41) is 0. The van der Waals surface area contributed by atoms with Crippen molar-refractivity contribution in [3.05, 3.63) is 60.4 Å². The second kappa shape index (κ2) is 4.37. The van der Waals surface area contributed by atoms with Gasteiger partial charge in [-0.3, -0.25) is 4.98 Å². The third kappa shape index (κ3) is 2.40. The molecular weight excluding hydrogens is 190 g/mol. The molecule has 0 saturated heterocycles. The lowest BCUT2D eigenvalue weighted by molar-refractivity contribution is 0.0734. The van der Waals surface area contributed by atoms with Crippen molar-refractivity contribution >= 4 is 5.97 Å². The topological polar surface area (TPSA) is 39.2 Å². The fourth-order valence-electron chi connectivity index (χ4n) is 1.15. The zero-order valence-electron chi connectivity index (χ0n) is 7.96. The summed E-state index contributed by atoms with van der Waals surface area (Å²) in [4.78, 5) is 15.4. The lowest BCUT2D eigenvalue weighted by atomic mass is 10.2. The first-order chi connectivity index (χ1) is 7.36. The normalized spacial score (nSPS) is 9.60. The summed E-state index contributed by atoms with van der Waals surface area (Å²) in [6.07, 6.45) is 3.13. The number of esters is 1. The lowest BCUT2D eigenvalue weighted by Gasteiger charge is -2.02. The van der Waals surface area contributed by atoms with Crippen LogP contribution >= 0.6 is 0 Å². The molecule has 1 heterocycles. The Hall–Kier alpha value is -2.16. The predicted octanol–water partition coefficient (Wildman–Crippen LogP) is 2.30. The average Bonchev–Trinajstić information content (AvgIpc) is 2.31. The quantitative estimate of drug-likeness (QED) is 0.696. The van der Waals surface area contributed by atoms with Crippen molar-refractivity contribution in [2.75, 3.05) is 0 Å². The molecular formula is C12H9NO2. The van der Waals surface area contributed by atoms with Gasteiger partial charge in [-0.1, -0.05) is 18.2 Å². The van der Waals surface area contributed by atoms with Gasteiger partial charge >= 0.3 is 5.97 Å². The molecule has 0 atom stereocenters. The van der Waals surface area contributed by atoms with Gasteiger partial charge in [-0.25, -0.2) is 4.79 Å². The predicted molar refractivity (Wildman–Crippen MR) is 55.6 cm³/mol. The van der Waals surface area contributed by atoms with Crippen molar-refractivity contribution in [3.8, 4) is 5.75 Å². The number of hydrogen-bond donors (Lipinski definition) is 0. The van der Waals surface area contributed by atoms with Gasteiger partial charge in [0.1, 0.15) is 5.75 Å². The maximum atomic E-state index is 11.6. The van der Waals surface area contributed by atoms with E-state index < -0.39 is 0 Å². The van der Waals surface area contributed by atoms with Crippen LogP contribution in [0.2, 0.25) is 0 Å². The fourth-order valence-corrected chi connectivity index (χ4v) is 1.15. The van der Waals surface area contributed by atoms with E-state index in [0.29, 0.717) is 11.3 Å². The van der Waals surface area contributed by atoms with Crippen molar-refractivity contribution in [1.29, 1.82) is 0 Å². The summed E-state index contributed by atoms with van der Waals surface area (Å²) in [6.45, 7) is 0. The summed E-state index contributed by atoms with van der Waals surface area (Å²) >= 11 is 0. The molecule has 0 fully saturated rings. The number of carbonyl (C=O) groups is 1. The number of nitrogens with zero attached hydrogens (tertiary/aromatic N) is 1. The van der Waals surface area contributed by atoms with Gasteiger partial charge in [-0.05, 0) is 24.3 Å². The van der Waals surface area contributed by atoms with Gasteiger partial charge in [0.15, 0.2) is 0 Å². The first-order valence-corrected chi connectivity index (χ1v) is 4.53. The summed E-state index contributed by atoms with van der Waals surface area (Å²) in [5.74, 6) is 0.0787. The molecule has 74 valence electrons. The largest absolute Gasteiger partial charge is 0.421 e. The number of benzene rings is 1. The molecule has 3 nitrogen and oxygen atoms in total. The molecule has 0 aliphatic heterocycles. The Balaban J connectivity index is 2.12. The molecule has 0 spiro atoms. The van der Waals surface area contributed by atoms with Gasteiger partial charge in [0.2, 0.25) is 0 Å². The highest BCUT2D eigenvalue weighted by Crippen LogP contribution is 2.09. The van der Waals surface area contributed by atoms with E-state index in [1.165, 1.54) is 6.20 Å². The minimum atomic E-state index is -0.372. The van der Waals surface area contributed by atoms with Crippen LogP contribution in [0.3, 0.4) is 0 Å². The Morgan fingerprint density at radius 1 is 1.07 bits per heavy atom. The molecule has 0 unspecified atom stereocenters. The summed E-state index contributed by atoms with van der Waals surface area (Å²) < 4.78 is 5.10. The molecule has 0 bridgehead atoms. The van der Waals surface area contributed by atoms with E-state index in [-0.39, 0.29) is 5.97 Å². The standard InChI is InChI=1S/C12H9NO2/c14-12(10-5-2-1-3-6-10)15-11-7-4-8-13-9-11/h1-9H. The summed E-state index contributed by atoms with van der Waals surface area (Å²) in [5.41, 5.74) is 0.529. The maximum absolute atomic E-state index is 11.6. The highest BCUT2D eigenvalue weighted by Gasteiger charge is 2.06. The van der Waals surface area contributed by atoms with Crippen LogP contribution in [-0.4, -0.2) is 11.0 Å². The van der Waals surface area contributed by atoms with E-state index >= 15 is 0 Å². The Kier molecular flexibility index (Phi) is 2.74. The van der Waals surface area contributed by atoms with Gasteiger partial charge in [0.25, 0.3) is 0 Å². The molecule has 3 heteroatoms. The number of pyridine rings is 1. The number of hydrogen-bond acceptors (Lipinski definition) is 3. The fraction of sp³-hybridized carbons (Fsp3) is 0. The van der Waals surface area contributed by atoms with Crippen LogP contribution in [-0.2, 0) is 0 Å². The number of carbonyl (C=O) groups excluding carboxylic acids is 1. The molecule has 2 aromatic rings. The molecule has 1 aromatic carbocycles. The Morgan fingerprint density at radius 3 is 2.53 bits per heavy atom. The number of aromatic nitrogens is 1. The smallest absolute Gasteiger partial charge is 0.343 e. The van der Waals surface area contributed by atoms with Crippen LogP contribution in [0.5, 0.6) is 5.75 Å². The van der Waals surface area contributed by atoms with Crippen molar-refractivity contribution in [1.82, 2.24) is 4.98 Å². The highest BCUT2D eigenvalue weighted by atomic mass is 16.5. The molecule has 0 aliphatic rings. The molecule has 1 aromatic heterocycles. The van der Waals surface area contributed by atoms with E-state index in [4.69, 9.17) is 4.74 Å². The van der Waals surface area contributed by atoms with Gasteiger partial charge in [-0.2, -0.15) is 0 Å². The first kappa shape index (κ1) is 9.40. The zero-order valence-corrected chi connectivity index (χ0v) is 7.96. The third-order valence-corrected chi connectivity index (χ3v) is 1.85. The van der Waals surface area contributed by atoms with Crippen molar-refractivity contribution in [3.63, 3.8) is 0 Å². The van der Waals surface area contributed by atoms with Crippen LogP contribution in [0.4, 0.5) is 0 Å². The van der Waals surface area contributed by atoms with E-state index in [1.54, 1.807) is 42.6 Å². The van der Waals surface area contributed by atoms with Gasteiger partial charge in [0.05, 0.1) is 11.8 Å². The van der Waals surface area contributed by atoms with Crippen molar-refractivity contribution in [2.24, 2.45) is 0 Å². The van der Waals surface area contributed by atoms with Crippen LogP contribution in [0.1, 0.15) is 10.4 Å². The maximum Gasteiger partial charge on any atom is 0.343 e. The second-order valence-electron chi connectivity index (χ2n) is 2.94. The van der Waals surface area contributed by atoms with Gasteiger partial charge in [-0.15, -0.1) is 0 Å². The average molecular weight is 199 g/mol. The molecule has 0 N–H and O–H groups in total. The Labute approximate surface area is 87.3 Å². The molecule has 0 amide bonds. The number of rotatable bonds is 2.